The van der Waals surface area contributed by atoms with E-state index in [1.54, 1.807) is 25.3 Å². The number of hydrazine groups is 1. The molecule has 0 amide bonds. The quantitative estimate of drug-likeness (QED) is 0.599. The molecule has 1 aromatic carbocycles. The van der Waals surface area contributed by atoms with Crippen molar-refractivity contribution in [3.63, 3.8) is 0 Å². The van der Waals surface area contributed by atoms with Gasteiger partial charge in [-0.2, -0.15) is 9.97 Å². The SMILES string of the molecule is CCOc1nc(NN)nc(Oc2ccc(OC)cc2Br)n1. The maximum Gasteiger partial charge on any atom is 0.330 e. The first-order valence-corrected chi connectivity index (χ1v) is 6.82. The number of benzene rings is 1. The maximum absolute atomic E-state index is 5.60. The highest BCUT2D eigenvalue weighted by molar-refractivity contribution is 9.10. The lowest BCUT2D eigenvalue weighted by Crippen LogP contribution is -2.12. The molecule has 3 N–H and O–H groups in total. The summed E-state index contributed by atoms with van der Waals surface area (Å²) in [5, 5.41) is 0. The average Bonchev–Trinajstić information content (AvgIpc) is 2.49. The first-order valence-electron chi connectivity index (χ1n) is 6.03. The number of anilines is 1. The molecule has 8 nitrogen and oxygen atoms in total. The Hall–Kier alpha value is -2.13. The van der Waals surface area contributed by atoms with Gasteiger partial charge in [-0.15, -0.1) is 4.98 Å². The molecule has 0 unspecified atom stereocenters. The molecule has 9 heteroatoms. The summed E-state index contributed by atoms with van der Waals surface area (Å²) in [5.41, 5.74) is 2.33. The Morgan fingerprint density at radius 3 is 2.62 bits per heavy atom. The lowest BCUT2D eigenvalue weighted by molar-refractivity contribution is 0.303. The van der Waals surface area contributed by atoms with Crippen LogP contribution in [-0.4, -0.2) is 28.7 Å². The molecule has 0 radical (unpaired) electrons. The predicted octanol–water partition coefficient (Wildman–Crippen LogP) is 2.12. The van der Waals surface area contributed by atoms with Gasteiger partial charge in [-0.1, -0.05) is 0 Å². The van der Waals surface area contributed by atoms with E-state index < -0.39 is 0 Å². The van der Waals surface area contributed by atoms with Gasteiger partial charge >= 0.3 is 12.0 Å². The number of ether oxygens (including phenoxy) is 3. The van der Waals surface area contributed by atoms with E-state index in [-0.39, 0.29) is 18.0 Å². The average molecular weight is 356 g/mol. The van der Waals surface area contributed by atoms with E-state index in [2.05, 4.69) is 36.3 Å². The van der Waals surface area contributed by atoms with E-state index in [4.69, 9.17) is 20.1 Å². The Kier molecular flexibility index (Phi) is 5.12. The van der Waals surface area contributed by atoms with Crippen LogP contribution in [0.5, 0.6) is 23.5 Å². The van der Waals surface area contributed by atoms with Gasteiger partial charge in [0, 0.05) is 0 Å². The first kappa shape index (κ1) is 15.3. The van der Waals surface area contributed by atoms with Gasteiger partial charge in [0.1, 0.15) is 11.5 Å². The minimum absolute atomic E-state index is 0.0623. The van der Waals surface area contributed by atoms with Crippen LogP contribution in [-0.2, 0) is 0 Å². The van der Waals surface area contributed by atoms with Crippen LogP contribution in [0.25, 0.3) is 0 Å². The lowest BCUT2D eigenvalue weighted by atomic mass is 10.3. The largest absolute Gasteiger partial charge is 0.497 e. The third kappa shape index (κ3) is 3.92. The Morgan fingerprint density at radius 2 is 2.00 bits per heavy atom. The third-order valence-corrected chi connectivity index (χ3v) is 2.96. The van der Waals surface area contributed by atoms with Crippen LogP contribution < -0.4 is 25.5 Å². The van der Waals surface area contributed by atoms with Crippen molar-refractivity contribution in [3.05, 3.63) is 22.7 Å². The number of aromatic nitrogens is 3. The van der Waals surface area contributed by atoms with Crippen LogP contribution in [0.1, 0.15) is 6.92 Å². The van der Waals surface area contributed by atoms with E-state index in [9.17, 15) is 0 Å². The van der Waals surface area contributed by atoms with Crippen molar-refractivity contribution in [3.8, 4) is 23.5 Å². The van der Waals surface area contributed by atoms with E-state index >= 15 is 0 Å². The first-order chi connectivity index (χ1) is 10.2. The fraction of sp³-hybridized carbons (Fsp3) is 0.250. The van der Waals surface area contributed by atoms with Crippen molar-refractivity contribution in [2.75, 3.05) is 19.1 Å². The molecule has 2 aromatic rings. The summed E-state index contributed by atoms with van der Waals surface area (Å²) in [5.74, 6) is 6.67. The van der Waals surface area contributed by atoms with Gasteiger partial charge in [0.25, 0.3) is 0 Å². The van der Waals surface area contributed by atoms with Crippen molar-refractivity contribution < 1.29 is 14.2 Å². The molecule has 0 aliphatic heterocycles. The summed E-state index contributed by atoms with van der Waals surface area (Å²) >= 11 is 3.38. The number of nitrogens with zero attached hydrogens (tertiary/aromatic N) is 3. The molecule has 112 valence electrons. The number of hydrogen-bond acceptors (Lipinski definition) is 8. The highest BCUT2D eigenvalue weighted by Crippen LogP contribution is 2.32. The summed E-state index contributed by atoms with van der Waals surface area (Å²) in [6.45, 7) is 2.24. The summed E-state index contributed by atoms with van der Waals surface area (Å²) in [6.07, 6.45) is 0. The summed E-state index contributed by atoms with van der Waals surface area (Å²) in [7, 11) is 1.59. The predicted molar refractivity (Wildman–Crippen MR) is 79.6 cm³/mol. The minimum Gasteiger partial charge on any atom is -0.497 e. The molecule has 1 heterocycles. The standard InChI is InChI=1S/C12H14BrN5O3/c1-3-20-11-15-10(18-14)16-12(17-11)21-9-5-4-7(19-2)6-8(9)13/h4-6H,3,14H2,1-2H3,(H,15,16,17,18). The van der Waals surface area contributed by atoms with E-state index in [0.717, 1.165) is 0 Å². The number of nitrogen functional groups attached to an aromatic ring is 1. The highest BCUT2D eigenvalue weighted by atomic mass is 79.9. The Labute approximate surface area is 129 Å². The monoisotopic (exact) mass is 355 g/mol. The number of hydrogen-bond donors (Lipinski definition) is 2. The number of rotatable bonds is 6. The smallest absolute Gasteiger partial charge is 0.330 e. The van der Waals surface area contributed by atoms with Crippen molar-refractivity contribution in [2.24, 2.45) is 5.84 Å². The molecule has 0 spiro atoms. The number of methoxy groups -OCH3 is 1. The van der Waals surface area contributed by atoms with Crippen molar-refractivity contribution in [1.82, 2.24) is 15.0 Å². The second kappa shape index (κ2) is 7.04. The molecule has 1 aromatic heterocycles. The number of nitrogens with two attached hydrogens (primary N) is 1. The molecule has 0 atom stereocenters. The zero-order valence-electron chi connectivity index (χ0n) is 11.5. The second-order valence-electron chi connectivity index (χ2n) is 3.70. The van der Waals surface area contributed by atoms with Crippen LogP contribution in [0, 0.1) is 0 Å². The molecule has 0 fully saturated rings. The fourth-order valence-corrected chi connectivity index (χ4v) is 1.87. The molecule has 0 saturated carbocycles. The Balaban J connectivity index is 2.27. The van der Waals surface area contributed by atoms with Crippen molar-refractivity contribution in [2.45, 2.75) is 6.92 Å². The molecule has 2 rings (SSSR count). The van der Waals surface area contributed by atoms with Crippen LogP contribution in [0.2, 0.25) is 0 Å². The second-order valence-corrected chi connectivity index (χ2v) is 4.55. The number of nitrogens with one attached hydrogen (secondary N) is 1. The molecule has 21 heavy (non-hydrogen) atoms. The van der Waals surface area contributed by atoms with Gasteiger partial charge in [-0.25, -0.2) is 5.84 Å². The minimum atomic E-state index is 0.0623. The zero-order valence-corrected chi connectivity index (χ0v) is 13.0. The Morgan fingerprint density at radius 1 is 1.24 bits per heavy atom. The van der Waals surface area contributed by atoms with Gasteiger partial charge < -0.3 is 14.2 Å². The van der Waals surface area contributed by atoms with Crippen molar-refractivity contribution in [1.29, 1.82) is 0 Å². The van der Waals surface area contributed by atoms with Gasteiger partial charge in [-0.3, -0.25) is 5.43 Å². The summed E-state index contributed by atoms with van der Waals surface area (Å²) in [4.78, 5) is 12.0. The third-order valence-electron chi connectivity index (χ3n) is 2.34. The van der Waals surface area contributed by atoms with Crippen LogP contribution >= 0.6 is 15.9 Å². The topological polar surface area (TPSA) is 104 Å². The molecule has 0 saturated heterocycles. The van der Waals surface area contributed by atoms with Gasteiger partial charge in [0.15, 0.2) is 0 Å². The van der Waals surface area contributed by atoms with Gasteiger partial charge in [-0.05, 0) is 41.1 Å². The normalized spacial score (nSPS) is 10.1. The van der Waals surface area contributed by atoms with Gasteiger partial charge in [0.05, 0.1) is 18.2 Å². The van der Waals surface area contributed by atoms with Crippen LogP contribution in [0.15, 0.2) is 22.7 Å². The van der Waals surface area contributed by atoms with Crippen LogP contribution in [0.3, 0.4) is 0 Å². The van der Waals surface area contributed by atoms with E-state index in [0.29, 0.717) is 22.6 Å². The van der Waals surface area contributed by atoms with E-state index in [1.807, 2.05) is 6.92 Å². The number of halogens is 1. The van der Waals surface area contributed by atoms with Crippen molar-refractivity contribution >= 4 is 21.9 Å². The lowest BCUT2D eigenvalue weighted by Gasteiger charge is -2.09. The molecular weight excluding hydrogens is 342 g/mol. The van der Waals surface area contributed by atoms with Gasteiger partial charge in [0.2, 0.25) is 5.95 Å². The molecule has 0 aliphatic carbocycles. The molecule has 0 bridgehead atoms. The Bertz CT molecular complexity index is 626. The molecule has 0 aliphatic rings. The summed E-state index contributed by atoms with van der Waals surface area (Å²) in [6, 6.07) is 5.43. The highest BCUT2D eigenvalue weighted by Gasteiger charge is 2.11. The van der Waals surface area contributed by atoms with E-state index in [1.165, 1.54) is 0 Å². The zero-order chi connectivity index (χ0) is 15.2. The summed E-state index contributed by atoms with van der Waals surface area (Å²) < 4.78 is 16.6. The fourth-order valence-electron chi connectivity index (χ4n) is 1.43. The molecular formula is C12H14BrN5O3. The van der Waals surface area contributed by atoms with Crippen LogP contribution in [0.4, 0.5) is 5.95 Å². The maximum atomic E-state index is 5.60.